The predicted molar refractivity (Wildman–Crippen MR) is 138 cm³/mol. The van der Waals surface area contributed by atoms with E-state index in [-0.39, 0.29) is 11.3 Å². The fourth-order valence-electron chi connectivity index (χ4n) is 4.12. The highest BCUT2D eigenvalue weighted by atomic mass is 32.1. The zero-order chi connectivity index (χ0) is 24.5. The van der Waals surface area contributed by atoms with Crippen LogP contribution >= 0.6 is 11.3 Å². The van der Waals surface area contributed by atoms with Crippen LogP contribution in [0.3, 0.4) is 0 Å². The van der Waals surface area contributed by atoms with Gasteiger partial charge in [0, 0.05) is 5.56 Å². The minimum absolute atomic E-state index is 0.0244. The quantitative estimate of drug-likeness (QED) is 0.163. The Morgan fingerprint density at radius 1 is 1.11 bits per heavy atom. The van der Waals surface area contributed by atoms with Crippen LogP contribution in [0.5, 0.6) is 5.75 Å². The minimum Gasteiger partial charge on any atom is -0.507 e. The first-order chi connectivity index (χ1) is 17.0. The number of aliphatic hydroxyl groups excluding tert-OH is 1. The number of ketones is 1. The summed E-state index contributed by atoms with van der Waals surface area (Å²) < 4.78 is 6.50. The number of aromatic nitrogens is 1. The monoisotopic (exact) mass is 482 g/mol. The van der Waals surface area contributed by atoms with Crippen LogP contribution in [0.15, 0.2) is 91.0 Å². The maximum absolute atomic E-state index is 13.3. The summed E-state index contributed by atoms with van der Waals surface area (Å²) >= 11 is 1.34. The van der Waals surface area contributed by atoms with Gasteiger partial charge in [-0.2, -0.15) is 0 Å². The number of amides is 1. The van der Waals surface area contributed by atoms with Gasteiger partial charge in [0.1, 0.15) is 18.1 Å². The highest BCUT2D eigenvalue weighted by molar-refractivity contribution is 7.22. The summed E-state index contributed by atoms with van der Waals surface area (Å²) in [7, 11) is 0. The molecule has 4 aromatic rings. The summed E-state index contributed by atoms with van der Waals surface area (Å²) in [6.07, 6.45) is 1.65. The molecule has 35 heavy (non-hydrogen) atoms. The van der Waals surface area contributed by atoms with E-state index >= 15 is 0 Å². The zero-order valence-corrected chi connectivity index (χ0v) is 19.8. The van der Waals surface area contributed by atoms with Crippen molar-refractivity contribution in [1.82, 2.24) is 4.98 Å². The number of thiazole rings is 1. The lowest BCUT2D eigenvalue weighted by Gasteiger charge is -2.23. The van der Waals surface area contributed by atoms with Crippen molar-refractivity contribution in [2.75, 3.05) is 11.5 Å². The molecule has 174 valence electrons. The molecular formula is C28H22N2O4S. The van der Waals surface area contributed by atoms with Crippen LogP contribution in [0.1, 0.15) is 22.7 Å². The second-order valence-electron chi connectivity index (χ2n) is 8.17. The lowest BCUT2D eigenvalue weighted by molar-refractivity contribution is -0.132. The number of hydrogen-bond acceptors (Lipinski definition) is 6. The fourth-order valence-corrected chi connectivity index (χ4v) is 5.21. The number of aliphatic hydroxyl groups is 1. The summed E-state index contributed by atoms with van der Waals surface area (Å²) in [5, 5.41) is 11.6. The Bertz CT molecular complexity index is 1470. The van der Waals surface area contributed by atoms with Crippen LogP contribution in [-0.4, -0.2) is 28.4 Å². The summed E-state index contributed by atoms with van der Waals surface area (Å²) in [6, 6.07) is 20.9. The van der Waals surface area contributed by atoms with Crippen LogP contribution in [0.2, 0.25) is 0 Å². The van der Waals surface area contributed by atoms with Gasteiger partial charge in [-0.05, 0) is 42.3 Å². The Morgan fingerprint density at radius 2 is 1.86 bits per heavy atom. The van der Waals surface area contributed by atoms with Crippen LogP contribution in [-0.2, 0) is 9.59 Å². The van der Waals surface area contributed by atoms with Crippen LogP contribution in [0.4, 0.5) is 5.13 Å². The molecule has 5 rings (SSSR count). The maximum Gasteiger partial charge on any atom is 0.301 e. The number of Topliss-reactive ketones (excluding diaryl/α,β-unsaturated/α-hetero) is 1. The summed E-state index contributed by atoms with van der Waals surface area (Å²) in [4.78, 5) is 32.7. The van der Waals surface area contributed by atoms with E-state index in [4.69, 9.17) is 4.74 Å². The first-order valence-corrected chi connectivity index (χ1v) is 11.9. The molecule has 0 spiro atoms. The number of nitrogens with zero attached hydrogens (tertiary/aromatic N) is 2. The Morgan fingerprint density at radius 3 is 2.57 bits per heavy atom. The van der Waals surface area contributed by atoms with E-state index in [2.05, 4.69) is 11.6 Å². The average Bonchev–Trinajstić information content (AvgIpc) is 3.40. The number of carbonyl (C=O) groups excluding carboxylic acids is 2. The molecule has 1 aromatic heterocycles. The third kappa shape index (κ3) is 4.11. The van der Waals surface area contributed by atoms with Crippen LogP contribution in [0, 0.1) is 6.92 Å². The van der Waals surface area contributed by atoms with Gasteiger partial charge in [-0.15, -0.1) is 0 Å². The van der Waals surface area contributed by atoms with Gasteiger partial charge in [0.2, 0.25) is 0 Å². The topological polar surface area (TPSA) is 79.7 Å². The van der Waals surface area contributed by atoms with E-state index in [1.54, 1.807) is 54.6 Å². The second-order valence-corrected chi connectivity index (χ2v) is 9.18. The molecule has 1 aliphatic rings. The summed E-state index contributed by atoms with van der Waals surface area (Å²) in [5.41, 5.74) is 2.96. The van der Waals surface area contributed by atoms with Crippen molar-refractivity contribution in [3.63, 3.8) is 0 Å². The van der Waals surface area contributed by atoms with Crippen LogP contribution < -0.4 is 9.64 Å². The standard InChI is InChI=1S/C28H22N2O4S/c1-3-15-34-20-12-10-18(11-13-20)24-23(25(31)19-7-5-4-6-8-19)26(32)27(33)30(24)28-29-21-14-9-17(2)16-22(21)35-28/h3-14,16,24,31H,1,15H2,2H3/b25-23+. The molecule has 0 saturated carbocycles. The number of ether oxygens (including phenoxy) is 1. The van der Waals surface area contributed by atoms with Gasteiger partial charge in [0.25, 0.3) is 5.78 Å². The molecule has 1 aliphatic heterocycles. The SMILES string of the molecule is C=CCOc1ccc(C2/C(=C(\O)c3ccccc3)C(=O)C(=O)N2c2nc3ccc(C)cc3s2)cc1. The van der Waals surface area contributed by atoms with E-state index in [1.165, 1.54) is 16.2 Å². The number of benzene rings is 3. The first kappa shape index (κ1) is 22.6. The molecule has 1 N–H and O–H groups in total. The molecular weight excluding hydrogens is 460 g/mol. The molecule has 1 unspecified atom stereocenters. The van der Waals surface area contributed by atoms with Gasteiger partial charge < -0.3 is 9.84 Å². The fraction of sp³-hybridized carbons (Fsp3) is 0.107. The van der Waals surface area contributed by atoms with Gasteiger partial charge in [0.15, 0.2) is 5.13 Å². The highest BCUT2D eigenvalue weighted by Crippen LogP contribution is 2.44. The number of aryl methyl sites for hydroxylation is 1. The largest absolute Gasteiger partial charge is 0.507 e. The van der Waals surface area contributed by atoms with E-state index in [0.717, 1.165) is 15.8 Å². The third-order valence-electron chi connectivity index (χ3n) is 5.79. The Kier molecular flexibility index (Phi) is 5.93. The molecule has 1 amide bonds. The van der Waals surface area contributed by atoms with Gasteiger partial charge in [-0.25, -0.2) is 4.98 Å². The van der Waals surface area contributed by atoms with Gasteiger partial charge in [0.05, 0.1) is 21.8 Å². The second kappa shape index (κ2) is 9.19. The van der Waals surface area contributed by atoms with E-state index in [1.807, 2.05) is 31.2 Å². The number of rotatable bonds is 6. The Labute approximate surface area is 206 Å². The molecule has 7 heteroatoms. The smallest absolute Gasteiger partial charge is 0.301 e. The van der Waals surface area contributed by atoms with Crippen LogP contribution in [0.25, 0.3) is 16.0 Å². The Hall–Kier alpha value is -4.23. The number of carbonyl (C=O) groups is 2. The lowest BCUT2D eigenvalue weighted by Crippen LogP contribution is -2.29. The molecule has 0 radical (unpaired) electrons. The maximum atomic E-state index is 13.3. The zero-order valence-electron chi connectivity index (χ0n) is 19.0. The number of fused-ring (bicyclic) bond motifs is 1. The Balaban J connectivity index is 1.68. The number of hydrogen-bond donors (Lipinski definition) is 1. The molecule has 3 aromatic carbocycles. The van der Waals surface area contributed by atoms with Crippen molar-refractivity contribution in [3.05, 3.63) is 108 Å². The molecule has 1 fully saturated rings. The van der Waals surface area contributed by atoms with E-state index < -0.39 is 17.7 Å². The molecule has 0 aliphatic carbocycles. The van der Waals surface area contributed by atoms with E-state index in [9.17, 15) is 14.7 Å². The third-order valence-corrected chi connectivity index (χ3v) is 6.81. The highest BCUT2D eigenvalue weighted by Gasteiger charge is 2.48. The van der Waals surface area contributed by atoms with E-state index in [0.29, 0.717) is 28.6 Å². The molecule has 2 heterocycles. The number of anilines is 1. The predicted octanol–water partition coefficient (Wildman–Crippen LogP) is 5.80. The normalized spacial score (nSPS) is 17.2. The lowest BCUT2D eigenvalue weighted by atomic mass is 9.95. The minimum atomic E-state index is -0.842. The van der Waals surface area contributed by atoms with Crippen molar-refractivity contribution in [3.8, 4) is 5.75 Å². The van der Waals surface area contributed by atoms with Gasteiger partial charge in [-0.3, -0.25) is 14.5 Å². The van der Waals surface area contributed by atoms with Crippen molar-refractivity contribution in [1.29, 1.82) is 0 Å². The van der Waals surface area contributed by atoms with Crippen molar-refractivity contribution < 1.29 is 19.4 Å². The average molecular weight is 483 g/mol. The van der Waals surface area contributed by atoms with Crippen molar-refractivity contribution in [2.24, 2.45) is 0 Å². The van der Waals surface area contributed by atoms with Crippen molar-refractivity contribution >= 4 is 44.1 Å². The molecule has 1 atom stereocenters. The molecule has 1 saturated heterocycles. The summed E-state index contributed by atoms with van der Waals surface area (Å²) in [5.74, 6) is -1.07. The van der Waals surface area contributed by atoms with Gasteiger partial charge in [-0.1, -0.05) is 72.5 Å². The molecule has 6 nitrogen and oxygen atoms in total. The van der Waals surface area contributed by atoms with Gasteiger partial charge >= 0.3 is 5.91 Å². The summed E-state index contributed by atoms with van der Waals surface area (Å²) in [6.45, 7) is 6.00. The first-order valence-electron chi connectivity index (χ1n) is 11.0. The van der Waals surface area contributed by atoms with Crippen molar-refractivity contribution in [2.45, 2.75) is 13.0 Å². The molecule has 0 bridgehead atoms.